The van der Waals surface area contributed by atoms with Crippen molar-refractivity contribution < 1.29 is 0 Å². The molecule has 2 aromatic carbocycles. The monoisotopic (exact) mass is 209 g/mol. The van der Waals surface area contributed by atoms with E-state index in [0.29, 0.717) is 6.54 Å². The summed E-state index contributed by atoms with van der Waals surface area (Å²) in [5.74, 6) is 0. The van der Waals surface area contributed by atoms with Crippen molar-refractivity contribution in [1.29, 1.82) is 0 Å². The van der Waals surface area contributed by atoms with Gasteiger partial charge >= 0.3 is 0 Å². The Morgan fingerprint density at radius 1 is 0.938 bits per heavy atom. The first-order valence-corrected chi connectivity index (χ1v) is 5.35. The largest absolute Gasteiger partial charge is 0.326 e. The molecule has 0 aliphatic rings. The quantitative estimate of drug-likeness (QED) is 0.825. The Kier molecular flexibility index (Phi) is 3.18. The molecule has 0 saturated heterocycles. The van der Waals surface area contributed by atoms with E-state index in [2.05, 4.69) is 30.8 Å². The van der Waals surface area contributed by atoms with Crippen molar-refractivity contribution in [3.05, 3.63) is 77.9 Å². The molecule has 2 rings (SSSR count). The minimum atomic E-state index is 0.565. The molecule has 0 heterocycles. The number of hydrogen-bond acceptors (Lipinski definition) is 1. The summed E-state index contributed by atoms with van der Waals surface area (Å²) in [6.45, 7) is 4.70. The Morgan fingerprint density at radius 2 is 1.62 bits per heavy atom. The maximum Gasteiger partial charge on any atom is 0.0178 e. The van der Waals surface area contributed by atoms with Crippen LogP contribution in [0.25, 0.3) is 5.57 Å². The highest BCUT2D eigenvalue weighted by Gasteiger charge is 2.01. The van der Waals surface area contributed by atoms with E-state index in [4.69, 9.17) is 5.73 Å². The highest BCUT2D eigenvalue weighted by atomic mass is 14.5. The lowest BCUT2D eigenvalue weighted by Crippen LogP contribution is -1.96. The Labute approximate surface area is 96.2 Å². The zero-order valence-corrected chi connectivity index (χ0v) is 9.19. The average Bonchev–Trinajstić information content (AvgIpc) is 2.39. The van der Waals surface area contributed by atoms with Crippen LogP contribution in [0.3, 0.4) is 0 Å². The van der Waals surface area contributed by atoms with Crippen molar-refractivity contribution in [2.24, 2.45) is 5.73 Å². The Morgan fingerprint density at radius 3 is 2.31 bits per heavy atom. The summed E-state index contributed by atoms with van der Waals surface area (Å²) in [4.78, 5) is 0. The van der Waals surface area contributed by atoms with Crippen LogP contribution < -0.4 is 5.73 Å². The first kappa shape index (κ1) is 10.7. The summed E-state index contributed by atoms with van der Waals surface area (Å²) in [5.41, 5.74) is 10.1. The molecule has 0 bridgehead atoms. The van der Waals surface area contributed by atoms with Crippen molar-refractivity contribution in [3.8, 4) is 0 Å². The molecule has 0 unspecified atom stereocenters. The first-order chi connectivity index (χ1) is 7.81. The summed E-state index contributed by atoms with van der Waals surface area (Å²) >= 11 is 0. The zero-order chi connectivity index (χ0) is 11.4. The molecule has 1 heteroatoms. The van der Waals surface area contributed by atoms with Crippen molar-refractivity contribution in [3.63, 3.8) is 0 Å². The molecule has 0 spiro atoms. The van der Waals surface area contributed by atoms with E-state index in [1.165, 1.54) is 0 Å². The fraction of sp³-hybridized carbons (Fsp3) is 0.0667. The number of benzene rings is 2. The maximum atomic E-state index is 5.63. The molecule has 0 fully saturated rings. The van der Waals surface area contributed by atoms with Gasteiger partial charge in [-0.15, -0.1) is 0 Å². The summed E-state index contributed by atoms with van der Waals surface area (Å²) in [7, 11) is 0. The minimum absolute atomic E-state index is 0.565. The smallest absolute Gasteiger partial charge is 0.0178 e. The van der Waals surface area contributed by atoms with E-state index in [0.717, 1.165) is 22.3 Å². The van der Waals surface area contributed by atoms with Gasteiger partial charge in [0.1, 0.15) is 0 Å². The van der Waals surface area contributed by atoms with E-state index in [1.807, 2.05) is 30.3 Å². The summed E-state index contributed by atoms with van der Waals surface area (Å²) in [5, 5.41) is 0. The van der Waals surface area contributed by atoms with E-state index >= 15 is 0 Å². The number of nitrogens with two attached hydrogens (primary N) is 1. The van der Waals surface area contributed by atoms with E-state index in [9.17, 15) is 0 Å². The molecule has 1 nitrogen and oxygen atoms in total. The van der Waals surface area contributed by atoms with Gasteiger partial charge in [0, 0.05) is 6.54 Å². The van der Waals surface area contributed by atoms with Gasteiger partial charge in [-0.25, -0.2) is 0 Å². The lowest BCUT2D eigenvalue weighted by molar-refractivity contribution is 1.07. The molecule has 0 aliphatic carbocycles. The summed E-state index contributed by atoms with van der Waals surface area (Å²) in [6, 6.07) is 18.4. The molecule has 2 aromatic rings. The fourth-order valence-electron chi connectivity index (χ4n) is 1.69. The van der Waals surface area contributed by atoms with Gasteiger partial charge in [-0.1, -0.05) is 55.1 Å². The topological polar surface area (TPSA) is 26.0 Å². The van der Waals surface area contributed by atoms with Crippen molar-refractivity contribution in [1.82, 2.24) is 0 Å². The lowest BCUT2D eigenvalue weighted by atomic mass is 9.98. The average molecular weight is 209 g/mol. The zero-order valence-electron chi connectivity index (χ0n) is 9.19. The molecular formula is C15H15N. The first-order valence-electron chi connectivity index (χ1n) is 5.35. The van der Waals surface area contributed by atoms with Gasteiger partial charge in [-0.05, 0) is 28.3 Å². The Bertz CT molecular complexity index is 486. The Balaban J connectivity index is 2.34. The third kappa shape index (κ3) is 2.20. The van der Waals surface area contributed by atoms with Crippen LogP contribution in [0.2, 0.25) is 0 Å². The van der Waals surface area contributed by atoms with E-state index < -0.39 is 0 Å². The van der Waals surface area contributed by atoms with Gasteiger partial charge in [0.25, 0.3) is 0 Å². The predicted octanol–water partition coefficient (Wildman–Crippen LogP) is 3.21. The highest BCUT2D eigenvalue weighted by molar-refractivity contribution is 5.78. The van der Waals surface area contributed by atoms with Crippen LogP contribution in [0.5, 0.6) is 0 Å². The van der Waals surface area contributed by atoms with Gasteiger partial charge < -0.3 is 5.73 Å². The molecule has 2 N–H and O–H groups in total. The third-order valence-electron chi connectivity index (χ3n) is 2.63. The SMILES string of the molecule is C=C(c1ccccc1)c1cccc(CN)c1. The molecule has 0 saturated carbocycles. The second kappa shape index (κ2) is 4.77. The second-order valence-electron chi connectivity index (χ2n) is 3.75. The van der Waals surface area contributed by atoms with Crippen LogP contribution in [0, 0.1) is 0 Å². The summed E-state index contributed by atoms with van der Waals surface area (Å²) < 4.78 is 0. The minimum Gasteiger partial charge on any atom is -0.326 e. The van der Waals surface area contributed by atoms with Gasteiger partial charge in [0.15, 0.2) is 0 Å². The predicted molar refractivity (Wildman–Crippen MR) is 68.9 cm³/mol. The molecule has 0 atom stereocenters. The molecule has 0 aliphatic heterocycles. The van der Waals surface area contributed by atoms with Gasteiger partial charge in [0.2, 0.25) is 0 Å². The van der Waals surface area contributed by atoms with Crippen LogP contribution in [0.4, 0.5) is 0 Å². The summed E-state index contributed by atoms with van der Waals surface area (Å²) in [6.07, 6.45) is 0. The van der Waals surface area contributed by atoms with E-state index in [1.54, 1.807) is 0 Å². The third-order valence-corrected chi connectivity index (χ3v) is 2.63. The van der Waals surface area contributed by atoms with Crippen molar-refractivity contribution in [2.75, 3.05) is 0 Å². The van der Waals surface area contributed by atoms with Gasteiger partial charge in [0.05, 0.1) is 0 Å². The number of rotatable bonds is 3. The lowest BCUT2D eigenvalue weighted by Gasteiger charge is -2.07. The van der Waals surface area contributed by atoms with Crippen molar-refractivity contribution in [2.45, 2.75) is 6.54 Å². The van der Waals surface area contributed by atoms with Gasteiger partial charge in [-0.3, -0.25) is 0 Å². The fourth-order valence-corrected chi connectivity index (χ4v) is 1.69. The van der Waals surface area contributed by atoms with Crippen LogP contribution >= 0.6 is 0 Å². The van der Waals surface area contributed by atoms with Crippen LogP contribution in [0.1, 0.15) is 16.7 Å². The molecular weight excluding hydrogens is 194 g/mol. The standard InChI is InChI=1S/C15H15N/c1-12(14-7-3-2-4-8-14)15-9-5-6-13(10-15)11-16/h2-10H,1,11,16H2. The van der Waals surface area contributed by atoms with Crippen LogP contribution in [0.15, 0.2) is 61.2 Å². The molecule has 0 aromatic heterocycles. The number of hydrogen-bond donors (Lipinski definition) is 1. The molecule has 16 heavy (non-hydrogen) atoms. The molecule has 0 amide bonds. The normalized spacial score (nSPS) is 10.1. The van der Waals surface area contributed by atoms with Gasteiger partial charge in [-0.2, -0.15) is 0 Å². The van der Waals surface area contributed by atoms with Crippen molar-refractivity contribution >= 4 is 5.57 Å². The van der Waals surface area contributed by atoms with E-state index in [-0.39, 0.29) is 0 Å². The molecule has 0 radical (unpaired) electrons. The Hall–Kier alpha value is -1.86. The molecule has 80 valence electrons. The highest BCUT2D eigenvalue weighted by Crippen LogP contribution is 2.21. The maximum absolute atomic E-state index is 5.63. The van der Waals surface area contributed by atoms with Crippen LogP contribution in [-0.2, 0) is 6.54 Å². The second-order valence-corrected chi connectivity index (χ2v) is 3.75. The van der Waals surface area contributed by atoms with Crippen LogP contribution in [-0.4, -0.2) is 0 Å².